The Kier molecular flexibility index (Phi) is 9.29. The molecule has 114 valence electrons. The third-order valence-corrected chi connectivity index (χ3v) is 3.52. The highest BCUT2D eigenvalue weighted by atomic mass is 16.5. The summed E-state index contributed by atoms with van der Waals surface area (Å²) in [5.74, 6) is 0. The van der Waals surface area contributed by atoms with Gasteiger partial charge in [-0.25, -0.2) is 0 Å². The number of nitrogens with zero attached hydrogens (tertiary/aromatic N) is 1. The monoisotopic (exact) mass is 278 g/mol. The summed E-state index contributed by atoms with van der Waals surface area (Å²) in [6.07, 6.45) is 1.17. The summed E-state index contributed by atoms with van der Waals surface area (Å²) in [7, 11) is 0. The van der Waals surface area contributed by atoms with Crippen molar-refractivity contribution >= 4 is 0 Å². The molecule has 0 radical (unpaired) electrons. The molecule has 1 N–H and O–H groups in total. The summed E-state index contributed by atoms with van der Waals surface area (Å²) in [5.41, 5.74) is 1.38. The molecule has 0 bridgehead atoms. The topological polar surface area (TPSA) is 24.5 Å². The Balaban J connectivity index is 2.68. The minimum atomic E-state index is 0.424. The van der Waals surface area contributed by atoms with E-state index in [4.69, 9.17) is 4.74 Å². The Hall–Kier alpha value is -0.900. The molecule has 3 heteroatoms. The summed E-state index contributed by atoms with van der Waals surface area (Å²) in [6.45, 7) is 12.2. The second kappa shape index (κ2) is 10.8. The van der Waals surface area contributed by atoms with Gasteiger partial charge in [-0.2, -0.15) is 0 Å². The summed E-state index contributed by atoms with van der Waals surface area (Å²) >= 11 is 0. The molecule has 3 nitrogen and oxygen atoms in total. The first-order chi connectivity index (χ1) is 9.83. The molecule has 0 aromatic heterocycles. The molecule has 0 aliphatic carbocycles. The van der Waals surface area contributed by atoms with Crippen LogP contribution in [0.5, 0.6) is 0 Å². The summed E-state index contributed by atoms with van der Waals surface area (Å²) in [6, 6.07) is 11.2. The maximum atomic E-state index is 5.52. The van der Waals surface area contributed by atoms with Crippen molar-refractivity contribution in [2.24, 2.45) is 0 Å². The Morgan fingerprint density at radius 3 is 2.50 bits per heavy atom. The molecule has 1 unspecified atom stereocenters. The number of rotatable bonds is 11. The lowest BCUT2D eigenvalue weighted by Gasteiger charge is -2.31. The second-order valence-corrected chi connectivity index (χ2v) is 4.96. The van der Waals surface area contributed by atoms with E-state index in [9.17, 15) is 0 Å². The van der Waals surface area contributed by atoms with Crippen molar-refractivity contribution < 1.29 is 4.74 Å². The van der Waals surface area contributed by atoms with Crippen LogP contribution in [0.1, 0.15) is 38.8 Å². The number of likely N-dealkylation sites (N-methyl/N-ethyl adjacent to an activating group) is 1. The van der Waals surface area contributed by atoms with Gasteiger partial charge in [0.2, 0.25) is 0 Å². The molecular formula is C17H30N2O. The zero-order valence-electron chi connectivity index (χ0n) is 13.3. The standard InChI is InChI=1S/C17H30N2O/c1-4-12-18-15-17(16-10-8-7-9-11-16)19(5-2)13-14-20-6-3/h7-11,17-18H,4-6,12-15H2,1-3H3. The molecular weight excluding hydrogens is 248 g/mol. The van der Waals surface area contributed by atoms with Crippen LogP contribution in [0, 0.1) is 0 Å². The van der Waals surface area contributed by atoms with Crippen LogP contribution in [-0.2, 0) is 4.74 Å². The lowest BCUT2D eigenvalue weighted by molar-refractivity contribution is 0.0960. The van der Waals surface area contributed by atoms with Gasteiger partial charge in [0.05, 0.1) is 6.61 Å². The van der Waals surface area contributed by atoms with Crippen molar-refractivity contribution in [3.05, 3.63) is 35.9 Å². The molecule has 1 aromatic rings. The molecule has 1 aromatic carbocycles. The van der Waals surface area contributed by atoms with E-state index in [1.807, 2.05) is 6.92 Å². The van der Waals surface area contributed by atoms with Crippen molar-refractivity contribution in [2.45, 2.75) is 33.2 Å². The maximum absolute atomic E-state index is 5.52. The quantitative estimate of drug-likeness (QED) is 0.630. The highest BCUT2D eigenvalue weighted by Crippen LogP contribution is 2.19. The number of ether oxygens (including phenoxy) is 1. The zero-order valence-corrected chi connectivity index (χ0v) is 13.3. The van der Waals surface area contributed by atoms with Gasteiger partial charge in [-0.05, 0) is 32.0 Å². The van der Waals surface area contributed by atoms with Crippen LogP contribution in [-0.4, -0.2) is 44.3 Å². The molecule has 0 amide bonds. The van der Waals surface area contributed by atoms with Gasteiger partial charge in [0.15, 0.2) is 0 Å². The second-order valence-electron chi connectivity index (χ2n) is 4.96. The van der Waals surface area contributed by atoms with Gasteiger partial charge in [-0.15, -0.1) is 0 Å². The first kappa shape index (κ1) is 17.2. The minimum Gasteiger partial charge on any atom is -0.380 e. The summed E-state index contributed by atoms with van der Waals surface area (Å²) in [4.78, 5) is 2.49. The normalized spacial score (nSPS) is 12.8. The first-order valence-electron chi connectivity index (χ1n) is 7.90. The van der Waals surface area contributed by atoms with Crippen LogP contribution >= 0.6 is 0 Å². The predicted molar refractivity (Wildman–Crippen MR) is 86.1 cm³/mol. The minimum absolute atomic E-state index is 0.424. The van der Waals surface area contributed by atoms with E-state index in [1.54, 1.807) is 0 Å². The fraction of sp³-hybridized carbons (Fsp3) is 0.647. The highest BCUT2D eigenvalue weighted by Gasteiger charge is 2.18. The molecule has 0 heterocycles. The fourth-order valence-electron chi connectivity index (χ4n) is 2.41. The van der Waals surface area contributed by atoms with E-state index >= 15 is 0 Å². The van der Waals surface area contributed by atoms with Gasteiger partial charge in [-0.1, -0.05) is 44.2 Å². The van der Waals surface area contributed by atoms with Gasteiger partial charge >= 0.3 is 0 Å². The highest BCUT2D eigenvalue weighted by molar-refractivity contribution is 5.19. The average molecular weight is 278 g/mol. The van der Waals surface area contributed by atoms with E-state index in [0.29, 0.717) is 6.04 Å². The van der Waals surface area contributed by atoms with Crippen molar-refractivity contribution in [3.63, 3.8) is 0 Å². The van der Waals surface area contributed by atoms with E-state index in [-0.39, 0.29) is 0 Å². The van der Waals surface area contributed by atoms with Crippen LogP contribution in [0.4, 0.5) is 0 Å². The van der Waals surface area contributed by atoms with E-state index in [0.717, 1.165) is 39.4 Å². The number of benzene rings is 1. The molecule has 0 spiro atoms. The molecule has 0 aliphatic rings. The molecule has 0 saturated carbocycles. The lowest BCUT2D eigenvalue weighted by atomic mass is 10.1. The van der Waals surface area contributed by atoms with Crippen LogP contribution < -0.4 is 5.32 Å². The van der Waals surface area contributed by atoms with Gasteiger partial charge < -0.3 is 10.1 Å². The summed E-state index contributed by atoms with van der Waals surface area (Å²) < 4.78 is 5.52. The van der Waals surface area contributed by atoms with Gasteiger partial charge in [-0.3, -0.25) is 4.90 Å². The Morgan fingerprint density at radius 2 is 1.90 bits per heavy atom. The molecule has 1 rings (SSSR count). The fourth-order valence-corrected chi connectivity index (χ4v) is 2.41. The number of nitrogens with one attached hydrogen (secondary N) is 1. The molecule has 0 saturated heterocycles. The third kappa shape index (κ3) is 6.04. The first-order valence-corrected chi connectivity index (χ1v) is 7.90. The Bertz CT molecular complexity index is 329. The third-order valence-electron chi connectivity index (χ3n) is 3.52. The molecule has 0 aliphatic heterocycles. The molecule has 0 fully saturated rings. The van der Waals surface area contributed by atoms with Crippen molar-refractivity contribution in [3.8, 4) is 0 Å². The van der Waals surface area contributed by atoms with Crippen molar-refractivity contribution in [2.75, 3.05) is 39.4 Å². The molecule has 1 atom stereocenters. The average Bonchev–Trinajstić information content (AvgIpc) is 2.50. The number of hydrogen-bond acceptors (Lipinski definition) is 3. The van der Waals surface area contributed by atoms with E-state index < -0.39 is 0 Å². The largest absolute Gasteiger partial charge is 0.380 e. The summed E-state index contributed by atoms with van der Waals surface area (Å²) in [5, 5.41) is 3.56. The maximum Gasteiger partial charge on any atom is 0.0593 e. The number of hydrogen-bond donors (Lipinski definition) is 1. The lowest BCUT2D eigenvalue weighted by Crippen LogP contribution is -2.38. The smallest absolute Gasteiger partial charge is 0.0593 e. The van der Waals surface area contributed by atoms with Crippen LogP contribution in [0.25, 0.3) is 0 Å². The predicted octanol–water partition coefficient (Wildman–Crippen LogP) is 3.09. The van der Waals surface area contributed by atoms with Crippen LogP contribution in [0.15, 0.2) is 30.3 Å². The Labute approximate surface area is 124 Å². The van der Waals surface area contributed by atoms with Crippen LogP contribution in [0.3, 0.4) is 0 Å². The van der Waals surface area contributed by atoms with Gasteiger partial charge in [0.25, 0.3) is 0 Å². The van der Waals surface area contributed by atoms with Crippen molar-refractivity contribution in [1.82, 2.24) is 10.2 Å². The van der Waals surface area contributed by atoms with Gasteiger partial charge in [0, 0.05) is 25.7 Å². The van der Waals surface area contributed by atoms with Crippen molar-refractivity contribution in [1.29, 1.82) is 0 Å². The zero-order chi connectivity index (χ0) is 14.6. The van der Waals surface area contributed by atoms with Gasteiger partial charge in [0.1, 0.15) is 0 Å². The Morgan fingerprint density at radius 1 is 1.15 bits per heavy atom. The van der Waals surface area contributed by atoms with Crippen LogP contribution in [0.2, 0.25) is 0 Å². The van der Waals surface area contributed by atoms with E-state index in [1.165, 1.54) is 12.0 Å². The molecule has 20 heavy (non-hydrogen) atoms. The van der Waals surface area contributed by atoms with E-state index in [2.05, 4.69) is 54.4 Å². The SMILES string of the molecule is CCCNCC(c1ccccc1)N(CC)CCOCC.